The summed E-state index contributed by atoms with van der Waals surface area (Å²) < 4.78 is 0. The average molecular weight is 467 g/mol. The summed E-state index contributed by atoms with van der Waals surface area (Å²) in [6.45, 7) is 0. The molecule has 2 aliphatic carbocycles. The SMILES string of the molecule is C1=C(Nc2ccc(-c3ccccc3)cc2)CCC2CC/C(=N\c3ccc(-c4ccccc4)cc3)C=C12. The van der Waals surface area contributed by atoms with Gasteiger partial charge in [-0.3, -0.25) is 4.99 Å². The van der Waals surface area contributed by atoms with Crippen molar-refractivity contribution in [3.8, 4) is 22.3 Å². The molecule has 4 aromatic rings. The van der Waals surface area contributed by atoms with Crippen molar-refractivity contribution in [1.82, 2.24) is 0 Å². The van der Waals surface area contributed by atoms with Crippen molar-refractivity contribution < 1.29 is 0 Å². The van der Waals surface area contributed by atoms with Crippen molar-refractivity contribution in [3.05, 3.63) is 133 Å². The summed E-state index contributed by atoms with van der Waals surface area (Å²) in [4.78, 5) is 4.98. The number of anilines is 1. The maximum Gasteiger partial charge on any atom is 0.0633 e. The van der Waals surface area contributed by atoms with Crippen LogP contribution in [0.25, 0.3) is 22.3 Å². The van der Waals surface area contributed by atoms with E-state index >= 15 is 0 Å². The van der Waals surface area contributed by atoms with Gasteiger partial charge in [0.1, 0.15) is 0 Å². The van der Waals surface area contributed by atoms with E-state index < -0.39 is 0 Å². The van der Waals surface area contributed by atoms with Crippen LogP contribution in [-0.4, -0.2) is 5.71 Å². The van der Waals surface area contributed by atoms with Crippen molar-refractivity contribution in [3.63, 3.8) is 0 Å². The van der Waals surface area contributed by atoms with Crippen LogP contribution in [0.5, 0.6) is 0 Å². The van der Waals surface area contributed by atoms with E-state index in [4.69, 9.17) is 4.99 Å². The van der Waals surface area contributed by atoms with Crippen molar-refractivity contribution in [1.29, 1.82) is 0 Å². The normalized spacial score (nSPS) is 18.2. The van der Waals surface area contributed by atoms with Crippen LogP contribution in [0.1, 0.15) is 25.7 Å². The van der Waals surface area contributed by atoms with E-state index in [1.165, 1.54) is 52.1 Å². The Morgan fingerprint density at radius 1 is 0.556 bits per heavy atom. The molecule has 2 aliphatic rings. The molecule has 2 nitrogen and oxygen atoms in total. The number of fused-ring (bicyclic) bond motifs is 1. The van der Waals surface area contributed by atoms with Gasteiger partial charge in [0.2, 0.25) is 0 Å². The monoisotopic (exact) mass is 466 g/mol. The predicted octanol–water partition coefficient (Wildman–Crippen LogP) is 9.22. The molecule has 0 aromatic heterocycles. The number of nitrogens with zero attached hydrogens (tertiary/aromatic N) is 1. The molecule has 176 valence electrons. The fourth-order valence-corrected chi connectivity index (χ4v) is 5.22. The third-order valence-electron chi connectivity index (χ3n) is 7.20. The van der Waals surface area contributed by atoms with E-state index in [-0.39, 0.29) is 0 Å². The molecule has 0 aliphatic heterocycles. The van der Waals surface area contributed by atoms with Gasteiger partial charge in [-0.2, -0.15) is 0 Å². The first-order chi connectivity index (χ1) is 17.8. The molecule has 4 aromatic carbocycles. The lowest BCUT2D eigenvalue weighted by Crippen LogP contribution is -2.18. The molecule has 0 bridgehead atoms. The van der Waals surface area contributed by atoms with E-state index in [0.29, 0.717) is 5.92 Å². The second-order valence-electron chi connectivity index (χ2n) is 9.67. The number of nitrogens with one attached hydrogen (secondary N) is 1. The molecule has 1 N–H and O–H groups in total. The largest absolute Gasteiger partial charge is 0.359 e. The summed E-state index contributed by atoms with van der Waals surface area (Å²) in [5.41, 5.74) is 11.0. The number of rotatable bonds is 5. The van der Waals surface area contributed by atoms with E-state index in [2.05, 4.69) is 127 Å². The molecule has 2 heteroatoms. The van der Waals surface area contributed by atoms with Crippen molar-refractivity contribution in [2.45, 2.75) is 25.7 Å². The molecule has 0 saturated heterocycles. The molecule has 0 amide bonds. The molecule has 0 fully saturated rings. The zero-order valence-corrected chi connectivity index (χ0v) is 20.4. The summed E-state index contributed by atoms with van der Waals surface area (Å²) in [6.07, 6.45) is 9.20. The van der Waals surface area contributed by atoms with Crippen LogP contribution in [0.3, 0.4) is 0 Å². The highest BCUT2D eigenvalue weighted by atomic mass is 14.9. The van der Waals surface area contributed by atoms with Gasteiger partial charge >= 0.3 is 0 Å². The second-order valence-corrected chi connectivity index (χ2v) is 9.67. The summed E-state index contributed by atoms with van der Waals surface area (Å²) in [7, 11) is 0. The maximum absolute atomic E-state index is 4.98. The Morgan fingerprint density at radius 2 is 1.11 bits per heavy atom. The summed E-state index contributed by atoms with van der Waals surface area (Å²) in [5.74, 6) is 0.649. The number of aliphatic imine (C=N–C) groups is 1. The highest BCUT2D eigenvalue weighted by Gasteiger charge is 2.23. The van der Waals surface area contributed by atoms with E-state index in [1.807, 2.05) is 0 Å². The molecule has 1 atom stereocenters. The van der Waals surface area contributed by atoms with Crippen LogP contribution in [0.4, 0.5) is 11.4 Å². The molecule has 6 rings (SSSR count). The highest BCUT2D eigenvalue weighted by molar-refractivity contribution is 5.98. The van der Waals surface area contributed by atoms with Crippen molar-refractivity contribution in [2.75, 3.05) is 5.32 Å². The minimum atomic E-state index is 0.649. The van der Waals surface area contributed by atoms with Gasteiger partial charge in [-0.25, -0.2) is 0 Å². The van der Waals surface area contributed by atoms with Gasteiger partial charge in [-0.1, -0.05) is 84.9 Å². The quantitative estimate of drug-likeness (QED) is 0.311. The lowest BCUT2D eigenvalue weighted by molar-refractivity contribution is 0.515. The minimum absolute atomic E-state index is 0.649. The van der Waals surface area contributed by atoms with Gasteiger partial charge in [0, 0.05) is 17.1 Å². The highest BCUT2D eigenvalue weighted by Crippen LogP contribution is 2.36. The Kier molecular flexibility index (Phi) is 6.33. The lowest BCUT2D eigenvalue weighted by Gasteiger charge is -2.29. The van der Waals surface area contributed by atoms with Crippen LogP contribution in [0.2, 0.25) is 0 Å². The summed E-state index contributed by atoms with van der Waals surface area (Å²) in [6, 6.07) is 38.3. The predicted molar refractivity (Wildman–Crippen MR) is 153 cm³/mol. The first kappa shape index (κ1) is 22.3. The number of hydrogen-bond donors (Lipinski definition) is 1. The van der Waals surface area contributed by atoms with Gasteiger partial charge < -0.3 is 5.32 Å². The Balaban J connectivity index is 1.17. The summed E-state index contributed by atoms with van der Waals surface area (Å²) >= 11 is 0. The Bertz CT molecular complexity index is 1410. The summed E-state index contributed by atoms with van der Waals surface area (Å²) in [5, 5.41) is 3.66. The van der Waals surface area contributed by atoms with Crippen LogP contribution >= 0.6 is 0 Å². The van der Waals surface area contributed by atoms with Crippen LogP contribution in [0.15, 0.2) is 138 Å². The molecular formula is C34H30N2. The van der Waals surface area contributed by atoms with Crippen LogP contribution in [-0.2, 0) is 0 Å². The fraction of sp³-hybridized carbons (Fsp3) is 0.147. The molecule has 0 heterocycles. The first-order valence-corrected chi connectivity index (χ1v) is 12.9. The second kappa shape index (κ2) is 10.2. The minimum Gasteiger partial charge on any atom is -0.359 e. The average Bonchev–Trinajstić information content (AvgIpc) is 2.95. The Labute approximate surface area is 213 Å². The first-order valence-electron chi connectivity index (χ1n) is 12.9. The maximum atomic E-state index is 4.98. The molecule has 0 radical (unpaired) electrons. The van der Waals surface area contributed by atoms with Gasteiger partial charge in [-0.05, 0) is 95.8 Å². The number of allylic oxidation sites excluding steroid dienone is 4. The van der Waals surface area contributed by atoms with Crippen molar-refractivity contribution in [2.24, 2.45) is 10.9 Å². The van der Waals surface area contributed by atoms with Crippen LogP contribution in [0, 0.1) is 5.92 Å². The number of hydrogen-bond acceptors (Lipinski definition) is 2. The molecule has 36 heavy (non-hydrogen) atoms. The van der Waals surface area contributed by atoms with E-state index in [0.717, 1.165) is 24.2 Å². The van der Waals surface area contributed by atoms with Crippen LogP contribution < -0.4 is 5.32 Å². The van der Waals surface area contributed by atoms with E-state index in [9.17, 15) is 0 Å². The third kappa shape index (κ3) is 5.08. The van der Waals surface area contributed by atoms with Gasteiger partial charge in [-0.15, -0.1) is 0 Å². The lowest BCUT2D eigenvalue weighted by atomic mass is 9.79. The third-order valence-corrected chi connectivity index (χ3v) is 7.20. The van der Waals surface area contributed by atoms with E-state index in [1.54, 1.807) is 0 Å². The fourth-order valence-electron chi connectivity index (χ4n) is 5.22. The topological polar surface area (TPSA) is 24.4 Å². The van der Waals surface area contributed by atoms with Crippen molar-refractivity contribution >= 4 is 17.1 Å². The number of benzene rings is 4. The zero-order valence-electron chi connectivity index (χ0n) is 20.4. The van der Waals surface area contributed by atoms with Gasteiger partial charge in [0.25, 0.3) is 0 Å². The zero-order chi connectivity index (χ0) is 24.2. The Hall–Kier alpha value is -4.17. The molecular weight excluding hydrogens is 436 g/mol. The molecule has 0 saturated carbocycles. The Morgan fingerprint density at radius 3 is 1.75 bits per heavy atom. The molecule has 0 spiro atoms. The molecule has 1 unspecified atom stereocenters. The smallest absolute Gasteiger partial charge is 0.0633 e. The van der Waals surface area contributed by atoms with Gasteiger partial charge in [0.15, 0.2) is 0 Å². The standard InChI is InChI=1S/C34H30N2/c1-3-7-25(8-4-1)27-11-17-31(18-12-27)35-33-21-15-29-16-22-34(24-30(29)23-33)36-32-19-13-28(14-20-32)26-9-5-2-6-10-26/h1-14,17-20,23-24,29,35H,15-16,21-22H2/b36-34+. The van der Waals surface area contributed by atoms with Gasteiger partial charge in [0.05, 0.1) is 5.69 Å².